The van der Waals surface area contributed by atoms with Gasteiger partial charge < -0.3 is 4.74 Å². The fraction of sp³-hybridized carbons (Fsp3) is 0.588. The maximum Gasteiger partial charge on any atom is 0.416 e. The number of alkyl halides is 3. The summed E-state index contributed by atoms with van der Waals surface area (Å²) in [5.74, 6) is -0.402. The van der Waals surface area contributed by atoms with Crippen LogP contribution >= 0.6 is 0 Å². The molecule has 2 rings (SSSR count). The molecule has 0 radical (unpaired) electrons. The smallest absolute Gasteiger partial charge is 0.416 e. The highest BCUT2D eigenvalue weighted by Gasteiger charge is 2.31. The van der Waals surface area contributed by atoms with Gasteiger partial charge in [-0.3, -0.25) is 4.79 Å². The molecule has 1 fully saturated rings. The summed E-state index contributed by atoms with van der Waals surface area (Å²) >= 11 is 0. The van der Waals surface area contributed by atoms with E-state index in [-0.39, 0.29) is 5.97 Å². The Kier molecular flexibility index (Phi) is 5.48. The third-order valence-corrected chi connectivity index (χ3v) is 4.42. The normalized spacial score (nSPS) is 18.0. The standard InChI is InChI=1S/C17H21F3O2/c1-22-16(21)15(11-12-5-3-2-4-6-12)13-7-9-14(10-8-13)17(18,19)20/h7-10,12,15H,2-6,11H2,1H3. The van der Waals surface area contributed by atoms with Crippen molar-refractivity contribution in [3.63, 3.8) is 0 Å². The molecule has 0 amide bonds. The van der Waals surface area contributed by atoms with E-state index in [9.17, 15) is 18.0 Å². The van der Waals surface area contributed by atoms with Crippen molar-refractivity contribution in [3.05, 3.63) is 35.4 Å². The Labute approximate surface area is 128 Å². The summed E-state index contributed by atoms with van der Waals surface area (Å²) in [6.45, 7) is 0. The monoisotopic (exact) mass is 314 g/mol. The van der Waals surface area contributed by atoms with Gasteiger partial charge in [0, 0.05) is 0 Å². The molecule has 0 saturated heterocycles. The van der Waals surface area contributed by atoms with Gasteiger partial charge in [-0.2, -0.15) is 13.2 Å². The number of methoxy groups -OCH3 is 1. The Bertz CT molecular complexity index is 488. The molecule has 1 atom stereocenters. The molecule has 1 aromatic carbocycles. The molecule has 1 unspecified atom stereocenters. The van der Waals surface area contributed by atoms with E-state index in [0.717, 1.165) is 37.8 Å². The molecule has 0 N–H and O–H groups in total. The number of carbonyl (C=O) groups is 1. The molecule has 1 aliphatic carbocycles. The molecule has 0 spiro atoms. The zero-order valence-corrected chi connectivity index (χ0v) is 12.7. The van der Waals surface area contributed by atoms with E-state index in [1.165, 1.54) is 25.7 Å². The van der Waals surface area contributed by atoms with E-state index in [0.29, 0.717) is 17.9 Å². The molecule has 1 aromatic rings. The van der Waals surface area contributed by atoms with Crippen molar-refractivity contribution < 1.29 is 22.7 Å². The summed E-state index contributed by atoms with van der Waals surface area (Å²) in [6, 6.07) is 4.86. The van der Waals surface area contributed by atoms with Crippen LogP contribution in [0.4, 0.5) is 13.2 Å². The summed E-state index contributed by atoms with van der Waals surface area (Å²) in [7, 11) is 1.32. The van der Waals surface area contributed by atoms with Gasteiger partial charge in [0.1, 0.15) is 0 Å². The molecule has 0 heterocycles. The lowest BCUT2D eigenvalue weighted by molar-refractivity contribution is -0.143. The third-order valence-electron chi connectivity index (χ3n) is 4.42. The summed E-state index contributed by atoms with van der Waals surface area (Å²) in [5, 5.41) is 0. The van der Waals surface area contributed by atoms with E-state index < -0.39 is 17.7 Å². The molecule has 0 aliphatic heterocycles. The van der Waals surface area contributed by atoms with Crippen molar-refractivity contribution in [2.75, 3.05) is 7.11 Å². The van der Waals surface area contributed by atoms with Gasteiger partial charge in [0.25, 0.3) is 0 Å². The predicted molar refractivity (Wildman–Crippen MR) is 77.4 cm³/mol. The lowest BCUT2D eigenvalue weighted by Crippen LogP contribution is -2.19. The molecule has 0 bridgehead atoms. The average molecular weight is 314 g/mol. The topological polar surface area (TPSA) is 26.3 Å². The van der Waals surface area contributed by atoms with Gasteiger partial charge in [0.05, 0.1) is 18.6 Å². The van der Waals surface area contributed by atoms with Crippen LogP contribution in [0.3, 0.4) is 0 Å². The SMILES string of the molecule is COC(=O)C(CC1CCCCC1)c1ccc(C(F)(F)F)cc1. The van der Waals surface area contributed by atoms with Crippen LogP contribution in [0.5, 0.6) is 0 Å². The number of hydrogen-bond acceptors (Lipinski definition) is 2. The minimum absolute atomic E-state index is 0.370. The van der Waals surface area contributed by atoms with Gasteiger partial charge in [-0.05, 0) is 30.0 Å². The second-order valence-electron chi connectivity index (χ2n) is 5.94. The fourth-order valence-electron chi connectivity index (χ4n) is 3.17. The molecule has 1 saturated carbocycles. The van der Waals surface area contributed by atoms with E-state index in [1.807, 2.05) is 0 Å². The van der Waals surface area contributed by atoms with Gasteiger partial charge >= 0.3 is 12.1 Å². The van der Waals surface area contributed by atoms with E-state index >= 15 is 0 Å². The number of halogens is 3. The quantitative estimate of drug-likeness (QED) is 0.736. The Hall–Kier alpha value is -1.52. The Balaban J connectivity index is 2.16. The number of ether oxygens (including phenoxy) is 1. The maximum absolute atomic E-state index is 12.6. The van der Waals surface area contributed by atoms with E-state index in [1.54, 1.807) is 0 Å². The van der Waals surface area contributed by atoms with Crippen molar-refractivity contribution in [1.82, 2.24) is 0 Å². The zero-order valence-electron chi connectivity index (χ0n) is 12.7. The number of esters is 1. The zero-order chi connectivity index (χ0) is 16.2. The highest BCUT2D eigenvalue weighted by molar-refractivity contribution is 5.78. The molecule has 1 aliphatic rings. The minimum Gasteiger partial charge on any atom is -0.469 e. The van der Waals surface area contributed by atoms with Gasteiger partial charge in [-0.1, -0.05) is 44.2 Å². The van der Waals surface area contributed by atoms with Gasteiger partial charge in [0.15, 0.2) is 0 Å². The third kappa shape index (κ3) is 4.24. The predicted octanol–water partition coefficient (Wildman–Crippen LogP) is 4.93. The number of hydrogen-bond donors (Lipinski definition) is 0. The molecule has 5 heteroatoms. The lowest BCUT2D eigenvalue weighted by Gasteiger charge is -2.25. The number of carbonyl (C=O) groups excluding carboxylic acids is 1. The number of benzene rings is 1. The van der Waals surface area contributed by atoms with Crippen molar-refractivity contribution in [1.29, 1.82) is 0 Å². The maximum atomic E-state index is 12.6. The van der Waals surface area contributed by atoms with Crippen molar-refractivity contribution in [3.8, 4) is 0 Å². The van der Waals surface area contributed by atoms with Crippen LogP contribution in [0.1, 0.15) is 55.6 Å². The van der Waals surface area contributed by atoms with Crippen LogP contribution in [0.15, 0.2) is 24.3 Å². The largest absolute Gasteiger partial charge is 0.469 e. The molecule has 2 nitrogen and oxygen atoms in total. The first kappa shape index (κ1) is 16.8. The van der Waals surface area contributed by atoms with E-state index in [2.05, 4.69) is 0 Å². The molecule has 122 valence electrons. The van der Waals surface area contributed by atoms with Crippen molar-refractivity contribution in [2.45, 2.75) is 50.6 Å². The van der Waals surface area contributed by atoms with Crippen LogP contribution in [0, 0.1) is 5.92 Å². The second-order valence-corrected chi connectivity index (χ2v) is 5.94. The fourth-order valence-corrected chi connectivity index (χ4v) is 3.17. The Morgan fingerprint density at radius 3 is 2.27 bits per heavy atom. The molecular weight excluding hydrogens is 293 g/mol. The summed E-state index contributed by atoms with van der Waals surface area (Å²) in [5.41, 5.74) is -0.0945. The van der Waals surface area contributed by atoms with Gasteiger partial charge in [-0.25, -0.2) is 0 Å². The highest BCUT2D eigenvalue weighted by atomic mass is 19.4. The molecular formula is C17H21F3O2. The van der Waals surface area contributed by atoms with Gasteiger partial charge in [-0.15, -0.1) is 0 Å². The summed E-state index contributed by atoms with van der Waals surface area (Å²) < 4.78 is 42.7. The summed E-state index contributed by atoms with van der Waals surface area (Å²) in [4.78, 5) is 12.0. The summed E-state index contributed by atoms with van der Waals surface area (Å²) in [6.07, 6.45) is 1.99. The first-order chi connectivity index (χ1) is 10.4. The number of rotatable bonds is 4. The van der Waals surface area contributed by atoms with Crippen LogP contribution in [0.2, 0.25) is 0 Å². The van der Waals surface area contributed by atoms with Crippen molar-refractivity contribution in [2.24, 2.45) is 5.92 Å². The van der Waals surface area contributed by atoms with Crippen LogP contribution in [0.25, 0.3) is 0 Å². The Morgan fingerprint density at radius 2 is 1.77 bits per heavy atom. The highest BCUT2D eigenvalue weighted by Crippen LogP contribution is 2.35. The second kappa shape index (κ2) is 7.16. The van der Waals surface area contributed by atoms with E-state index in [4.69, 9.17) is 4.74 Å². The first-order valence-corrected chi connectivity index (χ1v) is 7.67. The van der Waals surface area contributed by atoms with Crippen molar-refractivity contribution >= 4 is 5.97 Å². The van der Waals surface area contributed by atoms with Crippen LogP contribution < -0.4 is 0 Å². The van der Waals surface area contributed by atoms with Crippen LogP contribution in [-0.4, -0.2) is 13.1 Å². The molecule has 0 aromatic heterocycles. The van der Waals surface area contributed by atoms with Crippen LogP contribution in [-0.2, 0) is 15.7 Å². The minimum atomic E-state index is -4.36. The average Bonchev–Trinajstić information content (AvgIpc) is 2.52. The Morgan fingerprint density at radius 1 is 1.18 bits per heavy atom. The molecule has 22 heavy (non-hydrogen) atoms. The van der Waals surface area contributed by atoms with Gasteiger partial charge in [0.2, 0.25) is 0 Å². The lowest BCUT2D eigenvalue weighted by atomic mass is 9.80. The first-order valence-electron chi connectivity index (χ1n) is 7.67.